The van der Waals surface area contributed by atoms with Crippen molar-refractivity contribution in [1.82, 2.24) is 9.78 Å². The van der Waals surface area contributed by atoms with Crippen LogP contribution >= 0.6 is 11.3 Å². The quantitative estimate of drug-likeness (QED) is 0.908. The van der Waals surface area contributed by atoms with Gasteiger partial charge in [-0.2, -0.15) is 5.10 Å². The maximum atomic E-state index is 11.9. The Hall–Kier alpha value is -1.34. The van der Waals surface area contributed by atoms with E-state index >= 15 is 0 Å². The van der Waals surface area contributed by atoms with E-state index < -0.39 is 10.0 Å². The van der Waals surface area contributed by atoms with E-state index in [9.17, 15) is 8.42 Å². The van der Waals surface area contributed by atoms with E-state index in [1.807, 2.05) is 0 Å². The number of nitrogens with zero attached hydrogens (tertiary/aromatic N) is 2. The third-order valence-electron chi connectivity index (χ3n) is 2.24. The number of rotatable bonds is 3. The number of sulfonamides is 1. The van der Waals surface area contributed by atoms with Crippen LogP contribution < -0.4 is 4.72 Å². The van der Waals surface area contributed by atoms with Gasteiger partial charge in [-0.3, -0.25) is 9.40 Å². The lowest BCUT2D eigenvalue weighted by Gasteiger charge is -2.04. The van der Waals surface area contributed by atoms with Gasteiger partial charge in [-0.1, -0.05) is 6.07 Å². The highest BCUT2D eigenvalue weighted by Gasteiger charge is 2.17. The van der Waals surface area contributed by atoms with Gasteiger partial charge in [0.05, 0.1) is 17.6 Å². The highest BCUT2D eigenvalue weighted by atomic mass is 32.2. The number of anilines is 1. The predicted molar refractivity (Wildman–Crippen MR) is 63.1 cm³/mol. The van der Waals surface area contributed by atoms with Gasteiger partial charge >= 0.3 is 0 Å². The largest absolute Gasteiger partial charge is 0.275 e. The molecule has 0 aliphatic heterocycles. The number of nitrogens with one attached hydrogen (secondary N) is 1. The molecule has 0 unspecified atom stereocenters. The summed E-state index contributed by atoms with van der Waals surface area (Å²) < 4.78 is 28.2. The van der Waals surface area contributed by atoms with E-state index in [0.29, 0.717) is 9.90 Å². The van der Waals surface area contributed by atoms with Crippen molar-refractivity contribution < 1.29 is 8.42 Å². The van der Waals surface area contributed by atoms with Crippen LogP contribution in [0.3, 0.4) is 0 Å². The second-order valence-corrected chi connectivity index (χ2v) is 6.16. The summed E-state index contributed by atoms with van der Waals surface area (Å²) in [5.41, 5.74) is 1.29. The summed E-state index contributed by atoms with van der Waals surface area (Å²) in [6, 6.07) is 3.27. The fraction of sp³-hybridized carbons (Fsp3) is 0.222. The zero-order valence-corrected chi connectivity index (χ0v) is 10.5. The van der Waals surface area contributed by atoms with Crippen molar-refractivity contribution in [3.63, 3.8) is 0 Å². The van der Waals surface area contributed by atoms with Crippen molar-refractivity contribution in [3.05, 3.63) is 29.4 Å². The number of aromatic nitrogens is 2. The molecule has 16 heavy (non-hydrogen) atoms. The second-order valence-electron chi connectivity index (χ2n) is 3.30. The van der Waals surface area contributed by atoms with Gasteiger partial charge in [0.1, 0.15) is 4.21 Å². The van der Waals surface area contributed by atoms with Gasteiger partial charge in [0, 0.05) is 7.05 Å². The normalized spacial score (nSPS) is 11.6. The molecule has 1 N–H and O–H groups in total. The summed E-state index contributed by atoms with van der Waals surface area (Å²) in [6.07, 6.45) is 1.50. The van der Waals surface area contributed by atoms with E-state index in [1.165, 1.54) is 17.5 Å². The highest BCUT2D eigenvalue weighted by Crippen LogP contribution is 2.21. The topological polar surface area (TPSA) is 64.0 Å². The molecule has 86 valence electrons. The number of hydrogen-bond donors (Lipinski definition) is 1. The first-order valence-electron chi connectivity index (χ1n) is 4.55. The Labute approximate surface area is 97.8 Å². The first-order chi connectivity index (χ1) is 7.50. The Bertz CT molecular complexity index is 584. The van der Waals surface area contributed by atoms with Gasteiger partial charge in [0.25, 0.3) is 10.0 Å². The summed E-state index contributed by atoms with van der Waals surface area (Å²) in [5.74, 6) is 0. The number of aryl methyl sites for hydroxylation is 1. The molecule has 0 atom stereocenters. The zero-order valence-electron chi connectivity index (χ0n) is 8.84. The first kappa shape index (κ1) is 11.2. The standard InChI is InChI=1S/C9H11N3O2S2/c1-7-8(6-10-12(7)2)11-16(13,14)9-4-3-5-15-9/h3-6,11H,1-2H3. The van der Waals surface area contributed by atoms with E-state index in [-0.39, 0.29) is 0 Å². The molecule has 0 amide bonds. The molecule has 0 radical (unpaired) electrons. The van der Waals surface area contributed by atoms with Crippen molar-refractivity contribution >= 4 is 27.0 Å². The first-order valence-corrected chi connectivity index (χ1v) is 6.92. The number of thiophene rings is 1. The van der Waals surface area contributed by atoms with Crippen LogP contribution in [-0.2, 0) is 17.1 Å². The smallest absolute Gasteiger partial charge is 0.271 e. The molecule has 0 aliphatic rings. The van der Waals surface area contributed by atoms with Crippen LogP contribution in [0.25, 0.3) is 0 Å². The van der Waals surface area contributed by atoms with Crippen molar-refractivity contribution in [2.45, 2.75) is 11.1 Å². The van der Waals surface area contributed by atoms with Gasteiger partial charge in [0.15, 0.2) is 0 Å². The minimum absolute atomic E-state index is 0.302. The molecule has 0 saturated heterocycles. The van der Waals surface area contributed by atoms with Crippen LogP contribution in [0, 0.1) is 6.92 Å². The molecule has 0 spiro atoms. The average Bonchev–Trinajstić information content (AvgIpc) is 2.83. The molecule has 0 bridgehead atoms. The summed E-state index contributed by atoms with van der Waals surface area (Å²) >= 11 is 1.18. The molecular weight excluding hydrogens is 246 g/mol. The van der Waals surface area contributed by atoms with Crippen LogP contribution in [0.2, 0.25) is 0 Å². The molecule has 0 fully saturated rings. The molecule has 0 aromatic carbocycles. The minimum atomic E-state index is -3.46. The highest BCUT2D eigenvalue weighted by molar-refractivity contribution is 7.94. The SMILES string of the molecule is Cc1c(NS(=O)(=O)c2cccs2)cnn1C. The summed E-state index contributed by atoms with van der Waals surface area (Å²) in [5, 5.41) is 5.70. The molecule has 0 saturated carbocycles. The lowest BCUT2D eigenvalue weighted by molar-refractivity contribution is 0.603. The molecular formula is C9H11N3O2S2. The van der Waals surface area contributed by atoms with Crippen molar-refractivity contribution in [2.24, 2.45) is 7.05 Å². The average molecular weight is 257 g/mol. The Balaban J connectivity index is 2.32. The molecule has 2 aromatic heterocycles. The monoisotopic (exact) mass is 257 g/mol. The molecule has 0 aliphatic carbocycles. The fourth-order valence-electron chi connectivity index (χ4n) is 1.21. The predicted octanol–water partition coefficient (Wildman–Crippen LogP) is 1.59. The second kappa shape index (κ2) is 3.91. The zero-order chi connectivity index (χ0) is 11.8. The molecule has 7 heteroatoms. The van der Waals surface area contributed by atoms with Gasteiger partial charge in [-0.25, -0.2) is 8.42 Å². The fourth-order valence-corrected chi connectivity index (χ4v) is 3.31. The minimum Gasteiger partial charge on any atom is -0.275 e. The van der Waals surface area contributed by atoms with Gasteiger partial charge in [0.2, 0.25) is 0 Å². The van der Waals surface area contributed by atoms with Crippen LogP contribution in [-0.4, -0.2) is 18.2 Å². The maximum absolute atomic E-state index is 11.9. The Morgan fingerprint density at radius 2 is 2.25 bits per heavy atom. The summed E-state index contributed by atoms with van der Waals surface area (Å²) in [6.45, 7) is 1.80. The maximum Gasteiger partial charge on any atom is 0.271 e. The lowest BCUT2D eigenvalue weighted by Crippen LogP contribution is -2.12. The lowest BCUT2D eigenvalue weighted by atomic mass is 10.4. The molecule has 5 nitrogen and oxygen atoms in total. The van der Waals surface area contributed by atoms with E-state index in [1.54, 1.807) is 36.2 Å². The van der Waals surface area contributed by atoms with Gasteiger partial charge < -0.3 is 0 Å². The Morgan fingerprint density at radius 3 is 2.75 bits per heavy atom. The third kappa shape index (κ3) is 1.96. The van der Waals surface area contributed by atoms with Gasteiger partial charge in [-0.15, -0.1) is 11.3 Å². The Kier molecular flexibility index (Phi) is 2.73. The van der Waals surface area contributed by atoms with Gasteiger partial charge in [-0.05, 0) is 18.4 Å². The third-order valence-corrected chi connectivity index (χ3v) is 5.00. The van der Waals surface area contributed by atoms with E-state index in [2.05, 4.69) is 9.82 Å². The van der Waals surface area contributed by atoms with Crippen LogP contribution in [0.1, 0.15) is 5.69 Å². The van der Waals surface area contributed by atoms with Crippen LogP contribution in [0.15, 0.2) is 27.9 Å². The number of hydrogen-bond acceptors (Lipinski definition) is 4. The Morgan fingerprint density at radius 1 is 1.50 bits per heavy atom. The van der Waals surface area contributed by atoms with Crippen molar-refractivity contribution in [1.29, 1.82) is 0 Å². The van der Waals surface area contributed by atoms with Crippen molar-refractivity contribution in [3.8, 4) is 0 Å². The van der Waals surface area contributed by atoms with E-state index in [0.717, 1.165) is 5.69 Å². The van der Waals surface area contributed by atoms with E-state index in [4.69, 9.17) is 0 Å². The molecule has 2 rings (SSSR count). The van der Waals surface area contributed by atoms with Crippen LogP contribution in [0.5, 0.6) is 0 Å². The van der Waals surface area contributed by atoms with Crippen LogP contribution in [0.4, 0.5) is 5.69 Å². The van der Waals surface area contributed by atoms with Crippen molar-refractivity contribution in [2.75, 3.05) is 4.72 Å². The summed E-state index contributed by atoms with van der Waals surface area (Å²) in [4.78, 5) is 0. The molecule has 2 aromatic rings. The molecule has 2 heterocycles. The summed E-state index contributed by atoms with van der Waals surface area (Å²) in [7, 11) is -1.70.